The lowest BCUT2D eigenvalue weighted by Crippen LogP contribution is -2.30. The van der Waals surface area contributed by atoms with Crippen LogP contribution in [0.25, 0.3) is 0 Å². The maximum absolute atomic E-state index is 4.82. The Hall–Kier alpha value is -1.52. The van der Waals surface area contributed by atoms with Gasteiger partial charge in [-0.25, -0.2) is 0 Å². The van der Waals surface area contributed by atoms with Gasteiger partial charge in [0, 0.05) is 24.7 Å². The van der Waals surface area contributed by atoms with Gasteiger partial charge >= 0.3 is 0 Å². The first kappa shape index (κ1) is 18.3. The molecule has 2 aromatic rings. The van der Waals surface area contributed by atoms with E-state index >= 15 is 0 Å². The van der Waals surface area contributed by atoms with Gasteiger partial charge in [0.1, 0.15) is 0 Å². The largest absolute Gasteiger partial charge is 0.323 e. The predicted molar refractivity (Wildman–Crippen MR) is 114 cm³/mol. The van der Waals surface area contributed by atoms with Crippen LogP contribution in [-0.2, 0) is 0 Å². The van der Waals surface area contributed by atoms with Crippen LogP contribution in [0.2, 0.25) is 0 Å². The van der Waals surface area contributed by atoms with E-state index < -0.39 is 0 Å². The summed E-state index contributed by atoms with van der Waals surface area (Å²) in [5.74, 6) is 0.270. The van der Waals surface area contributed by atoms with Crippen LogP contribution in [0, 0.1) is 0 Å². The van der Waals surface area contributed by atoms with Crippen LogP contribution >= 0.6 is 28.7 Å². The normalized spacial score (nSPS) is 17.1. The van der Waals surface area contributed by atoms with Crippen molar-refractivity contribution in [2.24, 2.45) is 4.99 Å². The molecule has 0 aliphatic carbocycles. The van der Waals surface area contributed by atoms with Gasteiger partial charge in [0.05, 0.1) is 0 Å². The number of hydrogen-bond acceptors (Lipinski definition) is 3. The minimum atomic E-state index is 0. The van der Waals surface area contributed by atoms with Crippen molar-refractivity contribution in [3.05, 3.63) is 82.9 Å². The van der Waals surface area contributed by atoms with E-state index in [1.165, 1.54) is 41.3 Å². The van der Waals surface area contributed by atoms with Crippen molar-refractivity contribution < 1.29 is 0 Å². The number of amidine groups is 1. The molecule has 2 aliphatic rings. The third-order valence-electron chi connectivity index (χ3n) is 4.68. The molecule has 0 atom stereocenters. The van der Waals surface area contributed by atoms with Gasteiger partial charge in [0.2, 0.25) is 0 Å². The lowest BCUT2D eigenvalue weighted by Gasteiger charge is -2.30. The summed E-state index contributed by atoms with van der Waals surface area (Å²) in [7, 11) is 0. The zero-order valence-corrected chi connectivity index (χ0v) is 16.7. The van der Waals surface area contributed by atoms with Crippen molar-refractivity contribution in [3.63, 3.8) is 0 Å². The van der Waals surface area contributed by atoms with Crippen LogP contribution in [0.3, 0.4) is 0 Å². The fraction of sp³-hybridized carbons (Fsp3) is 0.286. The molecule has 2 aromatic carbocycles. The van der Waals surface area contributed by atoms with Crippen molar-refractivity contribution >= 4 is 33.9 Å². The van der Waals surface area contributed by atoms with Crippen molar-refractivity contribution in [1.29, 1.82) is 0 Å². The molecule has 0 N–H and O–H groups in total. The molecule has 0 saturated heterocycles. The molecule has 0 spiro atoms. The molecular formula is C21H23BrN2S. The Bertz CT molecular complexity index is 704. The molecule has 0 unspecified atom stereocenters. The van der Waals surface area contributed by atoms with Crippen molar-refractivity contribution in [2.45, 2.75) is 25.2 Å². The lowest BCUT2D eigenvalue weighted by molar-refractivity contribution is 0.458. The Morgan fingerprint density at radius 3 is 2.12 bits per heavy atom. The Kier molecular flexibility index (Phi) is 6.38. The van der Waals surface area contributed by atoms with Gasteiger partial charge in [-0.3, -0.25) is 4.99 Å². The summed E-state index contributed by atoms with van der Waals surface area (Å²) in [5.41, 5.74) is 4.07. The molecule has 0 radical (unpaired) electrons. The van der Waals surface area contributed by atoms with E-state index in [4.69, 9.17) is 4.99 Å². The van der Waals surface area contributed by atoms with Crippen LogP contribution < -0.4 is 0 Å². The summed E-state index contributed by atoms with van der Waals surface area (Å²) in [6.45, 7) is 2.04. The first-order valence-electron chi connectivity index (χ1n) is 8.72. The van der Waals surface area contributed by atoms with Crippen molar-refractivity contribution in [2.75, 3.05) is 13.1 Å². The highest BCUT2D eigenvalue weighted by Crippen LogP contribution is 2.40. The topological polar surface area (TPSA) is 15.6 Å². The molecule has 2 nitrogen and oxygen atoms in total. The first-order chi connectivity index (χ1) is 11.9. The maximum atomic E-state index is 4.82. The molecule has 0 amide bonds. The highest BCUT2D eigenvalue weighted by Gasteiger charge is 2.30. The zero-order valence-electron chi connectivity index (χ0n) is 14.2. The molecule has 2 heterocycles. The third-order valence-corrected chi connectivity index (χ3v) is 5.60. The minimum absolute atomic E-state index is 0. The van der Waals surface area contributed by atoms with Crippen LogP contribution in [0.4, 0.5) is 0 Å². The van der Waals surface area contributed by atoms with E-state index in [0.29, 0.717) is 0 Å². The Labute approximate surface area is 164 Å². The number of thioether (sulfide) groups is 1. The molecule has 0 fully saturated rings. The van der Waals surface area contributed by atoms with E-state index in [-0.39, 0.29) is 22.9 Å². The minimum Gasteiger partial charge on any atom is -0.323 e. The van der Waals surface area contributed by atoms with Crippen LogP contribution in [0.15, 0.2) is 76.8 Å². The number of halogens is 1. The fourth-order valence-corrected chi connectivity index (χ4v) is 4.46. The van der Waals surface area contributed by atoms with Gasteiger partial charge in [-0.2, -0.15) is 0 Å². The van der Waals surface area contributed by atoms with Gasteiger partial charge in [-0.05, 0) is 35.8 Å². The number of fused-ring (bicyclic) bond motifs is 1. The molecule has 130 valence electrons. The molecule has 25 heavy (non-hydrogen) atoms. The first-order valence-corrected chi connectivity index (χ1v) is 9.60. The van der Waals surface area contributed by atoms with Crippen LogP contribution in [0.5, 0.6) is 0 Å². The smallest absolute Gasteiger partial charge is 0.167 e. The zero-order chi connectivity index (χ0) is 16.2. The monoisotopic (exact) mass is 414 g/mol. The number of rotatable bonds is 3. The molecule has 0 bridgehead atoms. The van der Waals surface area contributed by atoms with E-state index in [2.05, 4.69) is 71.0 Å². The number of allylic oxidation sites excluding steroid dienone is 1. The Balaban J connectivity index is 0.00000182. The van der Waals surface area contributed by atoms with Gasteiger partial charge in [0.25, 0.3) is 0 Å². The maximum Gasteiger partial charge on any atom is 0.167 e. The van der Waals surface area contributed by atoms with Crippen LogP contribution in [-0.4, -0.2) is 23.2 Å². The highest BCUT2D eigenvalue weighted by atomic mass is 79.9. The van der Waals surface area contributed by atoms with Gasteiger partial charge < -0.3 is 4.90 Å². The summed E-state index contributed by atoms with van der Waals surface area (Å²) in [5, 5.41) is 3.50. The molecule has 4 rings (SSSR count). The number of hydrogen-bond donors (Lipinski definition) is 0. The van der Waals surface area contributed by atoms with E-state index in [1.807, 2.05) is 0 Å². The van der Waals surface area contributed by atoms with Crippen molar-refractivity contribution in [3.8, 4) is 0 Å². The average molecular weight is 415 g/mol. The third kappa shape index (κ3) is 4.01. The second kappa shape index (κ2) is 8.72. The summed E-state index contributed by atoms with van der Waals surface area (Å²) < 4.78 is 0. The molecule has 4 heteroatoms. The van der Waals surface area contributed by atoms with Crippen LogP contribution in [0.1, 0.15) is 36.3 Å². The molecule has 0 aromatic heterocycles. The molecule has 2 aliphatic heterocycles. The summed E-state index contributed by atoms with van der Waals surface area (Å²) in [6.07, 6.45) is 3.73. The lowest BCUT2D eigenvalue weighted by atomic mass is 9.88. The number of aliphatic imine (C=N–C) groups is 1. The fourth-order valence-electron chi connectivity index (χ4n) is 3.48. The molecule has 0 saturated carbocycles. The standard InChI is InChI=1S/C21H22N2S.BrH/c1-4-10-17(11-5-1)20(18-12-6-2-7-13-18)19-16-24-21-22-14-8-3-9-15-23(19)21;/h1-2,4-7,10-13,16,20H,3,8-9,14-15H2;1H. The van der Waals surface area contributed by atoms with Gasteiger partial charge in [0.15, 0.2) is 5.17 Å². The average Bonchev–Trinajstić information content (AvgIpc) is 2.98. The van der Waals surface area contributed by atoms with Gasteiger partial charge in [-0.15, -0.1) is 17.0 Å². The van der Waals surface area contributed by atoms with E-state index in [9.17, 15) is 0 Å². The summed E-state index contributed by atoms with van der Waals surface area (Å²) in [6, 6.07) is 21.7. The number of nitrogens with zero attached hydrogens (tertiary/aromatic N) is 2. The van der Waals surface area contributed by atoms with E-state index in [0.717, 1.165) is 13.1 Å². The number of benzene rings is 2. The summed E-state index contributed by atoms with van der Waals surface area (Å²) in [4.78, 5) is 7.27. The SMILES string of the molecule is Br.C1=C(C(c2ccccc2)c2ccccc2)N2CCCCCN=C2S1. The molecular weight excluding hydrogens is 392 g/mol. The van der Waals surface area contributed by atoms with E-state index in [1.54, 1.807) is 11.8 Å². The Morgan fingerprint density at radius 1 is 0.840 bits per heavy atom. The second-order valence-electron chi connectivity index (χ2n) is 6.29. The van der Waals surface area contributed by atoms with Crippen molar-refractivity contribution in [1.82, 2.24) is 4.90 Å². The highest BCUT2D eigenvalue weighted by molar-refractivity contribution is 8.93. The quantitative estimate of drug-likeness (QED) is 0.627. The predicted octanol–water partition coefficient (Wildman–Crippen LogP) is 5.83. The Morgan fingerprint density at radius 2 is 1.48 bits per heavy atom. The second-order valence-corrected chi connectivity index (χ2v) is 7.13. The summed E-state index contributed by atoms with van der Waals surface area (Å²) >= 11 is 1.79. The van der Waals surface area contributed by atoms with Gasteiger partial charge in [-0.1, -0.05) is 72.4 Å².